The molecule has 6 heteroatoms. The van der Waals surface area contributed by atoms with Gasteiger partial charge in [0, 0.05) is 6.20 Å². The third kappa shape index (κ3) is 3.09. The highest BCUT2D eigenvalue weighted by atomic mass is 32.2. The highest BCUT2D eigenvalue weighted by Gasteiger charge is 2.14. The summed E-state index contributed by atoms with van der Waals surface area (Å²) in [7, 11) is 0. The first-order valence-corrected chi connectivity index (χ1v) is 5.68. The molecule has 1 N–H and O–H groups in total. The van der Waals surface area contributed by atoms with Crippen LogP contribution in [0.4, 0.5) is 0 Å². The molecule has 82 valence electrons. The molecule has 0 saturated carbocycles. The SMILES string of the molecule is CCCOc1nc(SC)ncc1C(=O)O. The molecule has 5 nitrogen and oxygen atoms in total. The van der Waals surface area contributed by atoms with Gasteiger partial charge in [-0.05, 0) is 12.7 Å². The van der Waals surface area contributed by atoms with Gasteiger partial charge in [0.2, 0.25) is 5.88 Å². The maximum Gasteiger partial charge on any atom is 0.342 e. The maximum absolute atomic E-state index is 10.8. The summed E-state index contributed by atoms with van der Waals surface area (Å²) < 4.78 is 5.24. The molecule has 0 amide bonds. The van der Waals surface area contributed by atoms with Crippen molar-refractivity contribution < 1.29 is 14.6 Å². The largest absolute Gasteiger partial charge is 0.477 e. The zero-order valence-electron chi connectivity index (χ0n) is 8.56. The Hall–Kier alpha value is -1.30. The Balaban J connectivity index is 2.99. The van der Waals surface area contributed by atoms with Gasteiger partial charge in [-0.25, -0.2) is 9.78 Å². The predicted octanol–water partition coefficient (Wildman–Crippen LogP) is 1.69. The topological polar surface area (TPSA) is 72.3 Å². The Labute approximate surface area is 91.9 Å². The minimum absolute atomic E-state index is 0.00116. The van der Waals surface area contributed by atoms with E-state index in [2.05, 4.69) is 9.97 Å². The first-order chi connectivity index (χ1) is 7.19. The Bertz CT molecular complexity index is 357. The van der Waals surface area contributed by atoms with Crippen molar-refractivity contribution in [1.29, 1.82) is 0 Å². The van der Waals surface area contributed by atoms with Crippen molar-refractivity contribution in [2.24, 2.45) is 0 Å². The second kappa shape index (κ2) is 5.55. The number of hydrogen-bond acceptors (Lipinski definition) is 5. The van der Waals surface area contributed by atoms with Gasteiger partial charge in [-0.3, -0.25) is 0 Å². The van der Waals surface area contributed by atoms with Crippen molar-refractivity contribution in [3.05, 3.63) is 11.8 Å². The van der Waals surface area contributed by atoms with E-state index < -0.39 is 5.97 Å². The number of hydrogen-bond donors (Lipinski definition) is 1. The second-order valence-corrected chi connectivity index (χ2v) is 3.50. The van der Waals surface area contributed by atoms with E-state index >= 15 is 0 Å². The fourth-order valence-electron chi connectivity index (χ4n) is 0.905. The van der Waals surface area contributed by atoms with Gasteiger partial charge in [-0.1, -0.05) is 18.7 Å². The second-order valence-electron chi connectivity index (χ2n) is 2.73. The number of ether oxygens (including phenoxy) is 1. The fraction of sp³-hybridized carbons (Fsp3) is 0.444. The zero-order chi connectivity index (χ0) is 11.3. The van der Waals surface area contributed by atoms with E-state index in [9.17, 15) is 4.79 Å². The van der Waals surface area contributed by atoms with Gasteiger partial charge in [0.05, 0.1) is 6.61 Å². The average molecular weight is 228 g/mol. The molecular weight excluding hydrogens is 216 g/mol. The first kappa shape index (κ1) is 11.8. The maximum atomic E-state index is 10.8. The molecule has 0 unspecified atom stereocenters. The molecule has 0 aliphatic heterocycles. The molecule has 0 aliphatic carbocycles. The van der Waals surface area contributed by atoms with E-state index in [1.807, 2.05) is 13.2 Å². The molecule has 0 fully saturated rings. The van der Waals surface area contributed by atoms with E-state index in [1.54, 1.807) is 0 Å². The van der Waals surface area contributed by atoms with Gasteiger partial charge < -0.3 is 9.84 Å². The number of nitrogens with zero attached hydrogens (tertiary/aromatic N) is 2. The molecule has 1 aromatic rings. The van der Waals surface area contributed by atoms with Gasteiger partial charge in [-0.15, -0.1) is 0 Å². The third-order valence-electron chi connectivity index (χ3n) is 1.59. The third-order valence-corrected chi connectivity index (χ3v) is 2.15. The molecule has 1 heterocycles. The minimum Gasteiger partial charge on any atom is -0.477 e. The smallest absolute Gasteiger partial charge is 0.342 e. The monoisotopic (exact) mass is 228 g/mol. The van der Waals surface area contributed by atoms with Crippen LogP contribution >= 0.6 is 11.8 Å². The molecule has 0 atom stereocenters. The van der Waals surface area contributed by atoms with Crippen molar-refractivity contribution in [3.63, 3.8) is 0 Å². The standard InChI is InChI=1S/C9H12N2O3S/c1-3-4-14-7-6(8(12)13)5-10-9(11-7)15-2/h5H,3-4H2,1-2H3,(H,12,13). The molecule has 0 bridgehead atoms. The highest BCUT2D eigenvalue weighted by Crippen LogP contribution is 2.18. The average Bonchev–Trinajstić information content (AvgIpc) is 2.25. The number of rotatable bonds is 5. The van der Waals surface area contributed by atoms with Gasteiger partial charge in [-0.2, -0.15) is 4.98 Å². The van der Waals surface area contributed by atoms with Crippen LogP contribution in [0.3, 0.4) is 0 Å². The number of carboxylic acids is 1. The minimum atomic E-state index is -1.08. The summed E-state index contributed by atoms with van der Waals surface area (Å²) in [5.74, 6) is -0.933. The molecule has 1 rings (SSSR count). The van der Waals surface area contributed by atoms with Crippen molar-refractivity contribution in [1.82, 2.24) is 9.97 Å². The summed E-state index contributed by atoms with van der Waals surface area (Å²) in [5, 5.41) is 9.37. The summed E-state index contributed by atoms with van der Waals surface area (Å²) >= 11 is 1.34. The Kier molecular flexibility index (Phi) is 4.36. The molecule has 0 aliphatic rings. The number of aromatic nitrogens is 2. The number of thioether (sulfide) groups is 1. The quantitative estimate of drug-likeness (QED) is 0.610. The Morgan fingerprint density at radius 1 is 1.67 bits per heavy atom. The van der Waals surface area contributed by atoms with Gasteiger partial charge in [0.25, 0.3) is 0 Å². The molecular formula is C9H12N2O3S. The van der Waals surface area contributed by atoms with E-state index in [4.69, 9.17) is 9.84 Å². The van der Waals surface area contributed by atoms with Gasteiger partial charge >= 0.3 is 5.97 Å². The van der Waals surface area contributed by atoms with E-state index in [-0.39, 0.29) is 11.4 Å². The zero-order valence-corrected chi connectivity index (χ0v) is 9.37. The molecule has 1 aromatic heterocycles. The Morgan fingerprint density at radius 3 is 2.93 bits per heavy atom. The van der Waals surface area contributed by atoms with Gasteiger partial charge in [0.15, 0.2) is 5.16 Å². The molecule has 0 saturated heterocycles. The van der Waals surface area contributed by atoms with Crippen molar-refractivity contribution in [3.8, 4) is 5.88 Å². The fourth-order valence-corrected chi connectivity index (χ4v) is 1.24. The number of aromatic carboxylic acids is 1. The Morgan fingerprint density at radius 2 is 2.40 bits per heavy atom. The predicted molar refractivity (Wildman–Crippen MR) is 56.6 cm³/mol. The summed E-state index contributed by atoms with van der Waals surface area (Å²) in [6, 6.07) is 0. The summed E-state index contributed by atoms with van der Waals surface area (Å²) in [6.07, 6.45) is 3.89. The van der Waals surface area contributed by atoms with Crippen LogP contribution in [0.2, 0.25) is 0 Å². The van der Waals surface area contributed by atoms with E-state index in [0.29, 0.717) is 11.8 Å². The number of carbonyl (C=O) groups is 1. The van der Waals surface area contributed by atoms with Crippen LogP contribution in [0.5, 0.6) is 5.88 Å². The van der Waals surface area contributed by atoms with Crippen molar-refractivity contribution in [2.75, 3.05) is 12.9 Å². The van der Waals surface area contributed by atoms with Crippen molar-refractivity contribution in [2.45, 2.75) is 18.5 Å². The van der Waals surface area contributed by atoms with Crippen molar-refractivity contribution >= 4 is 17.7 Å². The van der Waals surface area contributed by atoms with Crippen LogP contribution < -0.4 is 4.74 Å². The summed E-state index contributed by atoms with van der Waals surface area (Å²) in [4.78, 5) is 18.7. The lowest BCUT2D eigenvalue weighted by molar-refractivity contribution is 0.0690. The number of carboxylic acid groups (broad SMARTS) is 1. The summed E-state index contributed by atoms with van der Waals surface area (Å²) in [6.45, 7) is 2.39. The first-order valence-electron chi connectivity index (χ1n) is 4.46. The van der Waals surface area contributed by atoms with Crippen LogP contribution in [-0.2, 0) is 0 Å². The highest BCUT2D eigenvalue weighted by molar-refractivity contribution is 7.98. The summed E-state index contributed by atoms with van der Waals surface area (Å²) in [5.41, 5.74) is 0.00116. The van der Waals surface area contributed by atoms with Crippen LogP contribution in [0.15, 0.2) is 11.4 Å². The van der Waals surface area contributed by atoms with E-state index in [1.165, 1.54) is 18.0 Å². The van der Waals surface area contributed by atoms with Gasteiger partial charge in [0.1, 0.15) is 5.56 Å². The lowest BCUT2D eigenvalue weighted by Crippen LogP contribution is -2.07. The normalized spacial score (nSPS) is 10.0. The lowest BCUT2D eigenvalue weighted by atomic mass is 10.3. The van der Waals surface area contributed by atoms with Crippen LogP contribution in [0.1, 0.15) is 23.7 Å². The van der Waals surface area contributed by atoms with Crippen LogP contribution in [0, 0.1) is 0 Å². The molecule has 0 radical (unpaired) electrons. The molecule has 0 aromatic carbocycles. The van der Waals surface area contributed by atoms with Crippen LogP contribution in [0.25, 0.3) is 0 Å². The van der Waals surface area contributed by atoms with E-state index in [0.717, 1.165) is 6.42 Å². The molecule has 0 spiro atoms. The van der Waals surface area contributed by atoms with Crippen LogP contribution in [-0.4, -0.2) is 33.9 Å². The lowest BCUT2D eigenvalue weighted by Gasteiger charge is -2.07. The molecule has 15 heavy (non-hydrogen) atoms.